The minimum atomic E-state index is -0.169. The van der Waals surface area contributed by atoms with Crippen molar-refractivity contribution >= 4 is 23.4 Å². The fraction of sp³-hybridized carbons (Fsp3) is 0.567. The maximum absolute atomic E-state index is 13.5. The number of aromatic nitrogens is 2. The van der Waals surface area contributed by atoms with E-state index in [1.807, 2.05) is 29.7 Å². The molecule has 4 N–H and O–H groups in total. The third-order valence-electron chi connectivity index (χ3n) is 8.73. The summed E-state index contributed by atoms with van der Waals surface area (Å²) in [7, 11) is 0. The summed E-state index contributed by atoms with van der Waals surface area (Å²) in [6.07, 6.45) is 3.35. The first-order chi connectivity index (χ1) is 19.0. The quantitative estimate of drug-likeness (QED) is 0.289. The van der Waals surface area contributed by atoms with Gasteiger partial charge in [0, 0.05) is 37.0 Å². The standard InChI is InChI=1S/C30H42ClN7O2/c1-6-26(39)37-16-20(17-37)34-29(40)27-18(2)33-25(38(27)15-19-10-8-7-9-11-19)14-32-28-21-12-22(30(3,4)5)23(31)13-24(21)35-36-28/h6-11,20-24,28,32,35-36H,1,12-17H2,2-5H3,(H,34,40). The van der Waals surface area contributed by atoms with Crippen LogP contribution in [-0.4, -0.2) is 63.0 Å². The van der Waals surface area contributed by atoms with Crippen LogP contribution in [0.1, 0.15) is 61.2 Å². The molecule has 0 spiro atoms. The zero-order valence-electron chi connectivity index (χ0n) is 23.9. The third kappa shape index (κ3) is 5.98. The lowest BCUT2D eigenvalue weighted by molar-refractivity contribution is -0.130. The van der Waals surface area contributed by atoms with Gasteiger partial charge in [0.1, 0.15) is 11.5 Å². The van der Waals surface area contributed by atoms with Crippen LogP contribution < -0.4 is 21.5 Å². The van der Waals surface area contributed by atoms with Gasteiger partial charge in [-0.3, -0.25) is 20.3 Å². The number of alkyl halides is 1. The zero-order chi connectivity index (χ0) is 28.6. The molecule has 0 bridgehead atoms. The number of hydrogen-bond donors (Lipinski definition) is 4. The molecule has 1 aromatic carbocycles. The second-order valence-corrected chi connectivity index (χ2v) is 13.1. The molecule has 5 rings (SSSR count). The number of carbonyl (C=O) groups excluding carboxylic acids is 2. The summed E-state index contributed by atoms with van der Waals surface area (Å²) in [5.41, 5.74) is 9.41. The van der Waals surface area contributed by atoms with Crippen molar-refractivity contribution in [2.24, 2.45) is 17.3 Å². The molecule has 2 amide bonds. The van der Waals surface area contributed by atoms with Crippen molar-refractivity contribution in [1.29, 1.82) is 0 Å². The lowest BCUT2D eigenvalue weighted by Gasteiger charge is -2.43. The van der Waals surface area contributed by atoms with E-state index in [0.29, 0.717) is 55.4 Å². The second-order valence-electron chi connectivity index (χ2n) is 12.5. The fourth-order valence-corrected chi connectivity index (χ4v) is 7.12. The van der Waals surface area contributed by atoms with E-state index in [4.69, 9.17) is 16.6 Å². The van der Waals surface area contributed by atoms with E-state index in [1.165, 1.54) is 6.08 Å². The molecule has 10 heteroatoms. The van der Waals surface area contributed by atoms with Crippen LogP contribution in [-0.2, 0) is 17.9 Å². The van der Waals surface area contributed by atoms with Gasteiger partial charge in [-0.1, -0.05) is 57.7 Å². The number of halogens is 1. The number of hydrogen-bond acceptors (Lipinski definition) is 6. The van der Waals surface area contributed by atoms with Gasteiger partial charge in [-0.25, -0.2) is 10.4 Å². The van der Waals surface area contributed by atoms with Crippen molar-refractivity contribution in [3.63, 3.8) is 0 Å². The number of benzene rings is 1. The number of rotatable bonds is 8. The van der Waals surface area contributed by atoms with Gasteiger partial charge in [-0.2, -0.15) is 0 Å². The van der Waals surface area contributed by atoms with Crippen LogP contribution in [0.5, 0.6) is 0 Å². The average molecular weight is 568 g/mol. The van der Waals surface area contributed by atoms with Gasteiger partial charge in [-0.15, -0.1) is 11.6 Å². The first-order valence-corrected chi connectivity index (χ1v) is 14.7. The van der Waals surface area contributed by atoms with E-state index in [1.54, 1.807) is 4.90 Å². The van der Waals surface area contributed by atoms with Gasteiger partial charge in [-0.05, 0) is 42.7 Å². The Hall–Kier alpha value is -2.72. The summed E-state index contributed by atoms with van der Waals surface area (Å²) in [5, 5.41) is 6.94. The molecule has 40 heavy (non-hydrogen) atoms. The monoisotopic (exact) mass is 567 g/mol. The van der Waals surface area contributed by atoms with Crippen molar-refractivity contribution in [3.05, 3.63) is 65.8 Å². The number of amides is 2. The van der Waals surface area contributed by atoms with Crippen LogP contribution >= 0.6 is 11.6 Å². The van der Waals surface area contributed by atoms with Crippen molar-refractivity contribution < 1.29 is 9.59 Å². The highest BCUT2D eigenvalue weighted by Crippen LogP contribution is 2.44. The van der Waals surface area contributed by atoms with Crippen LogP contribution in [0.15, 0.2) is 43.0 Å². The Kier molecular flexibility index (Phi) is 8.38. The number of carbonyl (C=O) groups is 2. The first kappa shape index (κ1) is 28.8. The first-order valence-electron chi connectivity index (χ1n) is 14.3. The smallest absolute Gasteiger partial charge is 0.270 e. The van der Waals surface area contributed by atoms with E-state index in [2.05, 4.69) is 61.0 Å². The predicted molar refractivity (Wildman–Crippen MR) is 157 cm³/mol. The Morgan fingerprint density at radius 2 is 1.90 bits per heavy atom. The normalized spacial score (nSPS) is 26.7. The van der Waals surface area contributed by atoms with Crippen molar-refractivity contribution in [1.82, 2.24) is 35.9 Å². The summed E-state index contributed by atoms with van der Waals surface area (Å²) in [4.78, 5) is 31.8. The van der Waals surface area contributed by atoms with Crippen LogP contribution in [0.4, 0.5) is 0 Å². The molecule has 3 heterocycles. The van der Waals surface area contributed by atoms with Gasteiger partial charge in [0.05, 0.1) is 24.4 Å². The average Bonchev–Trinajstić information content (AvgIpc) is 3.42. The molecule has 3 aliphatic rings. The van der Waals surface area contributed by atoms with Crippen LogP contribution in [0, 0.1) is 24.2 Å². The molecule has 9 nitrogen and oxygen atoms in total. The summed E-state index contributed by atoms with van der Waals surface area (Å²) >= 11 is 6.82. The molecule has 5 unspecified atom stereocenters. The number of imidazole rings is 1. The molecule has 3 fully saturated rings. The molecule has 1 aromatic heterocycles. The van der Waals surface area contributed by atoms with Gasteiger partial charge < -0.3 is 14.8 Å². The summed E-state index contributed by atoms with van der Waals surface area (Å²) in [6.45, 7) is 14.3. The fourth-order valence-electron chi connectivity index (χ4n) is 6.45. The van der Waals surface area contributed by atoms with Gasteiger partial charge in [0.2, 0.25) is 5.91 Å². The van der Waals surface area contributed by atoms with E-state index in [0.717, 1.165) is 24.2 Å². The zero-order valence-corrected chi connectivity index (χ0v) is 24.7. The minimum Gasteiger partial charge on any atom is -0.344 e. The van der Waals surface area contributed by atoms with E-state index >= 15 is 0 Å². The Labute approximate surface area is 242 Å². The van der Waals surface area contributed by atoms with Crippen molar-refractivity contribution in [2.75, 3.05) is 13.1 Å². The molecular formula is C30H42ClN7O2. The Morgan fingerprint density at radius 1 is 1.18 bits per heavy atom. The third-order valence-corrected chi connectivity index (χ3v) is 9.21. The van der Waals surface area contributed by atoms with Gasteiger partial charge in [0.15, 0.2) is 0 Å². The topological polar surface area (TPSA) is 103 Å². The lowest BCUT2D eigenvalue weighted by Crippen LogP contribution is -2.60. The number of nitrogens with one attached hydrogen (secondary N) is 4. The largest absolute Gasteiger partial charge is 0.344 e. The van der Waals surface area contributed by atoms with Crippen molar-refractivity contribution in [2.45, 2.75) is 77.3 Å². The number of aryl methyl sites for hydroxylation is 1. The summed E-state index contributed by atoms with van der Waals surface area (Å²) < 4.78 is 2.02. The minimum absolute atomic E-state index is 0.0711. The number of nitrogens with zero attached hydrogens (tertiary/aromatic N) is 3. The second kappa shape index (κ2) is 11.6. The molecule has 2 aliphatic heterocycles. The van der Waals surface area contributed by atoms with Crippen LogP contribution in [0.3, 0.4) is 0 Å². The number of likely N-dealkylation sites (tertiary alicyclic amines) is 1. The van der Waals surface area contributed by atoms with E-state index < -0.39 is 0 Å². The van der Waals surface area contributed by atoms with Gasteiger partial charge >= 0.3 is 0 Å². The number of fused-ring (bicyclic) bond motifs is 1. The molecule has 0 radical (unpaired) electrons. The Bertz CT molecular complexity index is 1230. The van der Waals surface area contributed by atoms with E-state index in [9.17, 15) is 9.59 Å². The van der Waals surface area contributed by atoms with Crippen LogP contribution in [0.2, 0.25) is 0 Å². The predicted octanol–water partition coefficient (Wildman–Crippen LogP) is 2.94. The highest BCUT2D eigenvalue weighted by molar-refractivity contribution is 6.20. The maximum atomic E-state index is 13.5. The molecule has 5 atom stereocenters. The lowest BCUT2D eigenvalue weighted by atomic mass is 9.67. The van der Waals surface area contributed by atoms with E-state index in [-0.39, 0.29) is 34.8 Å². The highest BCUT2D eigenvalue weighted by Gasteiger charge is 2.47. The molecule has 1 aliphatic carbocycles. The molecule has 2 saturated heterocycles. The molecule has 216 valence electrons. The number of hydrazine groups is 1. The summed E-state index contributed by atoms with van der Waals surface area (Å²) in [6, 6.07) is 10.3. The molecular weight excluding hydrogens is 526 g/mol. The van der Waals surface area contributed by atoms with Crippen molar-refractivity contribution in [3.8, 4) is 0 Å². The van der Waals surface area contributed by atoms with Crippen LogP contribution in [0.25, 0.3) is 0 Å². The molecule has 2 aromatic rings. The Balaban J connectivity index is 1.32. The summed E-state index contributed by atoms with van der Waals surface area (Å²) in [5.74, 6) is 1.36. The maximum Gasteiger partial charge on any atom is 0.270 e. The SMILES string of the molecule is C=CC(=O)N1CC(NC(=O)c2c(C)nc(CNC3NNC4CC(Cl)C(C(C)(C)C)CC43)n2Cc2ccccc2)C1. The highest BCUT2D eigenvalue weighted by atomic mass is 35.5. The molecule has 1 saturated carbocycles. The van der Waals surface area contributed by atoms with Gasteiger partial charge in [0.25, 0.3) is 5.91 Å². The Morgan fingerprint density at radius 3 is 2.58 bits per heavy atom.